The fraction of sp³-hybridized carbons (Fsp3) is 0.455. The van der Waals surface area contributed by atoms with E-state index in [1.165, 1.54) is 25.2 Å². The van der Waals surface area contributed by atoms with E-state index in [0.29, 0.717) is 0 Å². The zero-order chi connectivity index (χ0) is 24.9. The van der Waals surface area contributed by atoms with Crippen LogP contribution in [0.15, 0.2) is 36.4 Å². The van der Waals surface area contributed by atoms with Crippen LogP contribution in [0.5, 0.6) is 5.75 Å². The molecule has 1 amide bonds. The molecule has 11 heteroatoms. The van der Waals surface area contributed by atoms with Gasteiger partial charge in [0.2, 0.25) is 5.60 Å². The summed E-state index contributed by atoms with van der Waals surface area (Å²) in [6.07, 6.45) is -5.66. The van der Waals surface area contributed by atoms with Gasteiger partial charge in [-0.15, -0.1) is 0 Å². The van der Waals surface area contributed by atoms with Crippen molar-refractivity contribution >= 4 is 6.09 Å². The fourth-order valence-electron chi connectivity index (χ4n) is 2.83. The summed E-state index contributed by atoms with van der Waals surface area (Å²) in [4.78, 5) is 15.7. The Bertz CT molecular complexity index is 946. The number of amides is 1. The third-order valence-electron chi connectivity index (χ3n) is 4.33. The first-order valence-electron chi connectivity index (χ1n) is 10.1. The third-order valence-corrected chi connectivity index (χ3v) is 4.33. The van der Waals surface area contributed by atoms with Crippen LogP contribution in [0.3, 0.4) is 0 Å². The van der Waals surface area contributed by atoms with Gasteiger partial charge >= 0.3 is 12.3 Å². The minimum absolute atomic E-state index is 0.0245. The maximum Gasteiger partial charge on any atom is 0.424 e. The molecule has 7 nitrogen and oxygen atoms in total. The van der Waals surface area contributed by atoms with Gasteiger partial charge in [-0.05, 0) is 64.2 Å². The number of pyridine rings is 1. The summed E-state index contributed by atoms with van der Waals surface area (Å²) in [7, 11) is 1.27. The van der Waals surface area contributed by atoms with Crippen LogP contribution in [0, 0.1) is 5.82 Å². The number of ether oxygens (including phenoxy) is 2. The van der Waals surface area contributed by atoms with Gasteiger partial charge in [0.15, 0.2) is 0 Å². The number of aliphatic hydroxyl groups is 1. The highest BCUT2D eigenvalue weighted by Crippen LogP contribution is 2.40. The minimum Gasteiger partial charge on any atom is -0.489 e. The lowest BCUT2D eigenvalue weighted by Crippen LogP contribution is -2.49. The second-order valence-electron chi connectivity index (χ2n) is 8.22. The number of carbonyl (C=O) groups excluding carboxylic acids is 1. The largest absolute Gasteiger partial charge is 0.489 e. The van der Waals surface area contributed by atoms with Gasteiger partial charge in [-0.1, -0.05) is 0 Å². The number of nitrogens with one attached hydrogen (secondary N) is 2. The smallest absolute Gasteiger partial charge is 0.424 e. The Balaban J connectivity index is 2.31. The van der Waals surface area contributed by atoms with E-state index in [1.807, 2.05) is 0 Å². The molecular weight excluding hydrogens is 446 g/mol. The van der Waals surface area contributed by atoms with E-state index in [9.17, 15) is 27.5 Å². The Hall–Kier alpha value is -2.92. The molecule has 1 heterocycles. The monoisotopic (exact) mass is 473 g/mol. The molecular formula is C22H27F4N3O4. The molecule has 0 saturated carbocycles. The molecule has 1 unspecified atom stereocenters. The van der Waals surface area contributed by atoms with Crippen molar-refractivity contribution in [2.24, 2.45) is 0 Å². The van der Waals surface area contributed by atoms with Gasteiger partial charge < -0.3 is 25.2 Å². The number of hydrogen-bond acceptors (Lipinski definition) is 6. The average molecular weight is 473 g/mol. The van der Waals surface area contributed by atoms with E-state index in [1.54, 1.807) is 20.8 Å². The summed E-state index contributed by atoms with van der Waals surface area (Å²) in [5.74, 6) is -0.453. The molecule has 0 aliphatic carbocycles. The van der Waals surface area contributed by atoms with Crippen LogP contribution in [0.4, 0.5) is 22.4 Å². The molecule has 0 aliphatic rings. The van der Waals surface area contributed by atoms with Gasteiger partial charge in [0.05, 0.1) is 12.2 Å². The summed E-state index contributed by atoms with van der Waals surface area (Å²) < 4.78 is 65.0. The molecule has 2 aromatic rings. The molecule has 182 valence electrons. The van der Waals surface area contributed by atoms with Gasteiger partial charge in [0.25, 0.3) is 0 Å². The Morgan fingerprint density at radius 1 is 1.09 bits per heavy atom. The number of rotatable bonds is 8. The van der Waals surface area contributed by atoms with Crippen molar-refractivity contribution in [1.82, 2.24) is 15.6 Å². The van der Waals surface area contributed by atoms with Crippen molar-refractivity contribution < 1.29 is 36.9 Å². The van der Waals surface area contributed by atoms with E-state index in [0.717, 1.165) is 18.2 Å². The van der Waals surface area contributed by atoms with E-state index in [2.05, 4.69) is 15.6 Å². The molecule has 0 fully saturated rings. The standard InChI is InChI=1S/C22H27F4N3O4/c1-20(2,3)33-19(30)28-11-12-32-16-9-10-17(21(31,13-27-4)22(24,25)26)29-18(16)14-5-7-15(23)8-6-14/h5-10,27,31H,11-13H2,1-4H3,(H,28,30). The van der Waals surface area contributed by atoms with Gasteiger partial charge in [0.1, 0.15) is 29.5 Å². The number of nitrogens with zero attached hydrogens (tertiary/aromatic N) is 1. The molecule has 0 saturated heterocycles. The van der Waals surface area contributed by atoms with Gasteiger partial charge in [-0.3, -0.25) is 0 Å². The molecule has 0 radical (unpaired) electrons. The number of alkyl carbamates (subject to hydrolysis) is 1. The highest BCUT2D eigenvalue weighted by molar-refractivity contribution is 5.68. The molecule has 0 bridgehead atoms. The summed E-state index contributed by atoms with van der Waals surface area (Å²) in [6.45, 7) is 4.30. The van der Waals surface area contributed by atoms with Crippen LogP contribution < -0.4 is 15.4 Å². The lowest BCUT2D eigenvalue weighted by atomic mass is 9.97. The molecule has 1 atom stereocenters. The lowest BCUT2D eigenvalue weighted by Gasteiger charge is -2.30. The van der Waals surface area contributed by atoms with Crippen molar-refractivity contribution in [3.8, 4) is 17.0 Å². The first-order chi connectivity index (χ1) is 15.3. The predicted molar refractivity (Wildman–Crippen MR) is 113 cm³/mol. The zero-order valence-electron chi connectivity index (χ0n) is 18.7. The summed E-state index contributed by atoms with van der Waals surface area (Å²) in [5, 5.41) is 15.2. The first-order valence-corrected chi connectivity index (χ1v) is 10.1. The van der Waals surface area contributed by atoms with Crippen LogP contribution in [0.1, 0.15) is 26.5 Å². The molecule has 1 aromatic carbocycles. The Morgan fingerprint density at radius 2 is 1.73 bits per heavy atom. The van der Waals surface area contributed by atoms with E-state index >= 15 is 0 Å². The molecule has 33 heavy (non-hydrogen) atoms. The number of hydrogen-bond donors (Lipinski definition) is 3. The van der Waals surface area contributed by atoms with E-state index in [-0.39, 0.29) is 30.2 Å². The SMILES string of the molecule is CNCC(O)(c1ccc(OCCNC(=O)OC(C)(C)C)c(-c2ccc(F)cc2)n1)C(F)(F)F. The highest BCUT2D eigenvalue weighted by atomic mass is 19.4. The van der Waals surface area contributed by atoms with Crippen LogP contribution in [0.25, 0.3) is 11.3 Å². The van der Waals surface area contributed by atoms with Crippen molar-refractivity contribution in [1.29, 1.82) is 0 Å². The Kier molecular flexibility index (Phi) is 8.25. The van der Waals surface area contributed by atoms with Crippen LogP contribution in [-0.4, -0.2) is 54.7 Å². The Labute approximate surface area is 189 Å². The molecule has 0 aliphatic heterocycles. The van der Waals surface area contributed by atoms with Crippen LogP contribution in [0.2, 0.25) is 0 Å². The average Bonchev–Trinajstić information content (AvgIpc) is 2.70. The summed E-state index contributed by atoms with van der Waals surface area (Å²) in [6, 6.07) is 7.16. The second kappa shape index (κ2) is 10.3. The minimum atomic E-state index is -5.01. The topological polar surface area (TPSA) is 92.7 Å². The van der Waals surface area contributed by atoms with Gasteiger partial charge in [-0.2, -0.15) is 13.2 Å². The van der Waals surface area contributed by atoms with Gasteiger partial charge in [0, 0.05) is 12.1 Å². The Morgan fingerprint density at radius 3 is 2.27 bits per heavy atom. The zero-order valence-corrected chi connectivity index (χ0v) is 18.7. The quantitative estimate of drug-likeness (QED) is 0.400. The predicted octanol–water partition coefficient (Wildman–Crippen LogP) is 3.76. The number of aromatic nitrogens is 1. The number of alkyl halides is 3. The number of benzene rings is 1. The maximum absolute atomic E-state index is 13.6. The van der Waals surface area contributed by atoms with Crippen LogP contribution >= 0.6 is 0 Å². The molecule has 1 aromatic heterocycles. The maximum atomic E-state index is 13.6. The number of halogens is 4. The number of likely N-dealkylation sites (N-methyl/N-ethyl adjacent to an activating group) is 1. The van der Waals surface area contributed by atoms with Crippen molar-refractivity contribution in [3.05, 3.63) is 47.9 Å². The normalized spacial score (nSPS) is 13.8. The summed E-state index contributed by atoms with van der Waals surface area (Å²) in [5.41, 5.74) is -4.33. The van der Waals surface area contributed by atoms with E-state index < -0.39 is 41.5 Å². The molecule has 0 spiro atoms. The van der Waals surface area contributed by atoms with Gasteiger partial charge in [-0.25, -0.2) is 14.2 Å². The lowest BCUT2D eigenvalue weighted by molar-refractivity contribution is -0.265. The fourth-order valence-corrected chi connectivity index (χ4v) is 2.83. The second-order valence-corrected chi connectivity index (χ2v) is 8.22. The third kappa shape index (κ3) is 7.03. The first kappa shape index (κ1) is 26.3. The van der Waals surface area contributed by atoms with Crippen LogP contribution in [-0.2, 0) is 10.3 Å². The van der Waals surface area contributed by atoms with Crippen molar-refractivity contribution in [2.75, 3.05) is 26.7 Å². The van der Waals surface area contributed by atoms with Crippen molar-refractivity contribution in [2.45, 2.75) is 38.1 Å². The van der Waals surface area contributed by atoms with Crippen molar-refractivity contribution in [3.63, 3.8) is 0 Å². The summed E-state index contributed by atoms with van der Waals surface area (Å²) >= 11 is 0. The van der Waals surface area contributed by atoms with E-state index in [4.69, 9.17) is 9.47 Å². The highest BCUT2D eigenvalue weighted by Gasteiger charge is 2.55. The number of carbonyl (C=O) groups is 1. The molecule has 3 N–H and O–H groups in total. The molecule has 2 rings (SSSR count).